The minimum atomic E-state index is -0.119. The summed E-state index contributed by atoms with van der Waals surface area (Å²) in [5, 5.41) is 3.33. The van der Waals surface area contributed by atoms with E-state index in [0.29, 0.717) is 22.3 Å². The van der Waals surface area contributed by atoms with Gasteiger partial charge in [0.25, 0.3) is 5.91 Å². The van der Waals surface area contributed by atoms with Crippen LogP contribution >= 0.6 is 23.1 Å². The van der Waals surface area contributed by atoms with Crippen molar-refractivity contribution in [2.45, 2.75) is 5.03 Å². The lowest BCUT2D eigenvalue weighted by atomic mass is 10.2. The Kier molecular flexibility index (Phi) is 5.63. The fraction of sp³-hybridized carbons (Fsp3) is 0.105. The number of amides is 1. The molecule has 0 N–H and O–H groups in total. The fourth-order valence-electron chi connectivity index (χ4n) is 2.37. The second-order valence-corrected chi connectivity index (χ2v) is 6.78. The quantitative estimate of drug-likeness (QED) is 0.465. The lowest BCUT2D eigenvalue weighted by Gasteiger charge is -2.19. The summed E-state index contributed by atoms with van der Waals surface area (Å²) in [6, 6.07) is 13.5. The summed E-state index contributed by atoms with van der Waals surface area (Å²) in [5.74, 6) is -0.119. The summed E-state index contributed by atoms with van der Waals surface area (Å²) >= 11 is 2.90. The highest BCUT2D eigenvalue weighted by atomic mass is 32.2. The van der Waals surface area contributed by atoms with Crippen LogP contribution in [-0.2, 0) is 0 Å². The van der Waals surface area contributed by atoms with E-state index in [2.05, 4.69) is 16.5 Å². The van der Waals surface area contributed by atoms with Gasteiger partial charge in [-0.15, -0.1) is 29.7 Å². The van der Waals surface area contributed by atoms with E-state index >= 15 is 0 Å². The molecule has 0 aliphatic rings. The first-order chi connectivity index (χ1) is 12.2. The summed E-state index contributed by atoms with van der Waals surface area (Å²) < 4.78 is 0. The van der Waals surface area contributed by atoms with Crippen LogP contribution in [0, 0.1) is 0 Å². The van der Waals surface area contributed by atoms with E-state index in [0.717, 1.165) is 11.3 Å². The molecule has 0 radical (unpaired) electrons. The second-order valence-electron chi connectivity index (χ2n) is 5.15. The largest absolute Gasteiger partial charge is 0.280 e. The van der Waals surface area contributed by atoms with Crippen molar-refractivity contribution in [3.05, 3.63) is 72.3 Å². The van der Waals surface area contributed by atoms with E-state index in [-0.39, 0.29) is 5.91 Å². The third-order valence-electron chi connectivity index (χ3n) is 3.54. The van der Waals surface area contributed by atoms with Crippen molar-refractivity contribution in [3.8, 4) is 11.3 Å². The van der Waals surface area contributed by atoms with E-state index in [4.69, 9.17) is 0 Å². The number of hydrogen-bond acceptors (Lipinski definition) is 5. The van der Waals surface area contributed by atoms with Gasteiger partial charge in [-0.05, 0) is 18.4 Å². The zero-order valence-corrected chi connectivity index (χ0v) is 15.4. The van der Waals surface area contributed by atoms with Gasteiger partial charge in [-0.25, -0.2) is 9.97 Å². The molecular formula is C19H17N3OS2. The molecule has 126 valence electrons. The van der Waals surface area contributed by atoms with Gasteiger partial charge in [0.15, 0.2) is 5.13 Å². The number of aromatic nitrogens is 2. The van der Waals surface area contributed by atoms with E-state index < -0.39 is 0 Å². The number of anilines is 1. The normalized spacial score (nSPS) is 10.4. The minimum absolute atomic E-state index is 0.119. The number of rotatable bonds is 6. The number of thioether (sulfide) groups is 1. The first-order valence-corrected chi connectivity index (χ1v) is 9.77. The number of nitrogens with zero attached hydrogens (tertiary/aromatic N) is 3. The Hall–Kier alpha value is -2.44. The lowest BCUT2D eigenvalue weighted by Crippen LogP contribution is -2.31. The third kappa shape index (κ3) is 3.81. The van der Waals surface area contributed by atoms with Gasteiger partial charge >= 0.3 is 0 Å². The van der Waals surface area contributed by atoms with Crippen LogP contribution in [0.25, 0.3) is 11.3 Å². The molecule has 0 unspecified atom stereocenters. The maximum absolute atomic E-state index is 13.1. The van der Waals surface area contributed by atoms with Crippen LogP contribution in [0.3, 0.4) is 0 Å². The van der Waals surface area contributed by atoms with E-state index in [1.807, 2.05) is 42.0 Å². The average Bonchev–Trinajstić information content (AvgIpc) is 3.16. The number of benzene rings is 1. The molecule has 0 aliphatic carbocycles. The van der Waals surface area contributed by atoms with Gasteiger partial charge in [-0.1, -0.05) is 36.4 Å². The molecule has 2 heterocycles. The Bertz CT molecular complexity index is 877. The Morgan fingerprint density at radius 2 is 2.08 bits per heavy atom. The van der Waals surface area contributed by atoms with Crippen LogP contribution in [0.5, 0.6) is 0 Å². The summed E-state index contributed by atoms with van der Waals surface area (Å²) in [5.41, 5.74) is 2.47. The molecule has 2 aromatic heterocycles. The lowest BCUT2D eigenvalue weighted by molar-refractivity contribution is 0.0986. The van der Waals surface area contributed by atoms with Gasteiger partial charge < -0.3 is 0 Å². The Labute approximate surface area is 155 Å². The van der Waals surface area contributed by atoms with E-state index in [9.17, 15) is 4.79 Å². The highest BCUT2D eigenvalue weighted by molar-refractivity contribution is 7.98. The van der Waals surface area contributed by atoms with Gasteiger partial charge in [-0.2, -0.15) is 0 Å². The molecule has 3 aromatic rings. The second kappa shape index (κ2) is 8.09. The van der Waals surface area contributed by atoms with Crippen LogP contribution in [-0.4, -0.2) is 28.7 Å². The SMILES string of the molecule is C=CCN(C(=O)c1cccnc1SC)c1nc(-c2ccccc2)cs1. The molecule has 0 atom stereocenters. The van der Waals surface area contributed by atoms with Crippen molar-refractivity contribution in [2.24, 2.45) is 0 Å². The van der Waals surface area contributed by atoms with Gasteiger partial charge in [0.1, 0.15) is 5.03 Å². The van der Waals surface area contributed by atoms with E-state index in [1.54, 1.807) is 29.3 Å². The standard InChI is InChI=1S/C19H17N3OS2/c1-3-12-22(18(23)15-10-7-11-20-17(15)24-2)19-21-16(13-25-19)14-8-5-4-6-9-14/h3-11,13H,1,12H2,2H3. The molecule has 6 heteroatoms. The summed E-state index contributed by atoms with van der Waals surface area (Å²) in [6.45, 7) is 4.16. The monoisotopic (exact) mass is 367 g/mol. The van der Waals surface area contributed by atoms with Gasteiger partial charge in [-0.3, -0.25) is 9.69 Å². The van der Waals surface area contributed by atoms with E-state index in [1.165, 1.54) is 23.1 Å². The summed E-state index contributed by atoms with van der Waals surface area (Å²) in [6.07, 6.45) is 5.31. The van der Waals surface area contributed by atoms with Crippen LogP contribution in [0.2, 0.25) is 0 Å². The van der Waals surface area contributed by atoms with Gasteiger partial charge in [0.2, 0.25) is 0 Å². The van der Waals surface area contributed by atoms with Crippen LogP contribution < -0.4 is 4.90 Å². The summed E-state index contributed by atoms with van der Waals surface area (Å²) in [7, 11) is 0. The molecule has 3 rings (SSSR count). The van der Waals surface area contributed by atoms with Crippen molar-refractivity contribution in [3.63, 3.8) is 0 Å². The van der Waals surface area contributed by atoms with Crippen molar-refractivity contribution >= 4 is 34.1 Å². The molecule has 0 fully saturated rings. The predicted octanol–water partition coefficient (Wildman–Crippen LogP) is 4.76. The fourth-order valence-corrected chi connectivity index (χ4v) is 3.75. The predicted molar refractivity (Wildman–Crippen MR) is 105 cm³/mol. The van der Waals surface area contributed by atoms with Crippen molar-refractivity contribution in [2.75, 3.05) is 17.7 Å². The highest BCUT2D eigenvalue weighted by Crippen LogP contribution is 2.29. The maximum atomic E-state index is 13.1. The minimum Gasteiger partial charge on any atom is -0.280 e. The first-order valence-electron chi connectivity index (χ1n) is 7.67. The Balaban J connectivity index is 1.95. The van der Waals surface area contributed by atoms with Crippen LogP contribution in [0.1, 0.15) is 10.4 Å². The molecule has 0 aliphatic heterocycles. The Morgan fingerprint density at radius 3 is 2.80 bits per heavy atom. The molecular weight excluding hydrogens is 350 g/mol. The number of thiazole rings is 1. The molecule has 25 heavy (non-hydrogen) atoms. The van der Waals surface area contributed by atoms with Gasteiger partial charge in [0, 0.05) is 23.7 Å². The number of hydrogen-bond donors (Lipinski definition) is 0. The molecule has 0 saturated carbocycles. The van der Waals surface area contributed by atoms with Gasteiger partial charge in [0.05, 0.1) is 11.3 Å². The number of pyridine rings is 1. The van der Waals surface area contributed by atoms with Crippen LogP contribution in [0.15, 0.2) is 71.7 Å². The third-order valence-corrected chi connectivity index (χ3v) is 5.12. The van der Waals surface area contributed by atoms with Crippen LogP contribution in [0.4, 0.5) is 5.13 Å². The summed E-state index contributed by atoms with van der Waals surface area (Å²) in [4.78, 5) is 23.6. The highest BCUT2D eigenvalue weighted by Gasteiger charge is 2.22. The Morgan fingerprint density at radius 1 is 1.28 bits per heavy atom. The topological polar surface area (TPSA) is 46.1 Å². The molecule has 4 nitrogen and oxygen atoms in total. The smallest absolute Gasteiger partial charge is 0.263 e. The zero-order valence-electron chi connectivity index (χ0n) is 13.8. The average molecular weight is 367 g/mol. The van der Waals surface area contributed by atoms with Crippen molar-refractivity contribution in [1.29, 1.82) is 0 Å². The van der Waals surface area contributed by atoms with Crippen molar-refractivity contribution in [1.82, 2.24) is 9.97 Å². The molecule has 0 saturated heterocycles. The van der Waals surface area contributed by atoms with Crippen molar-refractivity contribution < 1.29 is 4.79 Å². The first kappa shape index (κ1) is 17.4. The molecule has 0 bridgehead atoms. The number of carbonyl (C=O) groups is 1. The number of carbonyl (C=O) groups excluding carboxylic acids is 1. The maximum Gasteiger partial charge on any atom is 0.263 e. The zero-order chi connectivity index (χ0) is 17.6. The molecule has 1 amide bonds. The molecule has 0 spiro atoms. The molecule has 1 aromatic carbocycles.